The molecule has 0 radical (unpaired) electrons. The Morgan fingerprint density at radius 3 is 2.64 bits per heavy atom. The lowest BCUT2D eigenvalue weighted by molar-refractivity contribution is 0.735. The van der Waals surface area contributed by atoms with Gasteiger partial charge in [0.05, 0.1) is 0 Å². The Balaban J connectivity index is 2.24. The molecule has 2 rings (SSSR count). The summed E-state index contributed by atoms with van der Waals surface area (Å²) in [6, 6.07) is 2.37. The van der Waals surface area contributed by atoms with Crippen molar-refractivity contribution in [2.75, 3.05) is 0 Å². The molecule has 1 unspecified atom stereocenters. The van der Waals surface area contributed by atoms with Crippen LogP contribution in [0.15, 0.2) is 10.5 Å². The number of hydrogen-bond donors (Lipinski definition) is 1. The molecule has 0 amide bonds. The molecule has 1 aliphatic rings. The fourth-order valence-corrected chi connectivity index (χ4v) is 4.23. The van der Waals surface area contributed by atoms with E-state index < -0.39 is 0 Å². The van der Waals surface area contributed by atoms with Crippen LogP contribution in [-0.2, 0) is 0 Å². The standard InChI is InChI=1S/C11H16BrNS/c1-7(13)10-6-9(12)11(14-10)8-4-2-3-5-8/h6-8H,2-5,13H2,1H3. The predicted octanol–water partition coefficient (Wildman–Crippen LogP) is 4.19. The predicted molar refractivity (Wildman–Crippen MR) is 65.8 cm³/mol. The molecule has 1 fully saturated rings. The fraction of sp³-hybridized carbons (Fsp3) is 0.636. The van der Waals surface area contributed by atoms with Gasteiger partial charge in [0.25, 0.3) is 0 Å². The molecular weight excluding hydrogens is 258 g/mol. The van der Waals surface area contributed by atoms with Crippen LogP contribution >= 0.6 is 27.3 Å². The van der Waals surface area contributed by atoms with E-state index in [-0.39, 0.29) is 6.04 Å². The van der Waals surface area contributed by atoms with Crippen molar-refractivity contribution < 1.29 is 0 Å². The molecule has 1 heterocycles. The van der Waals surface area contributed by atoms with E-state index in [2.05, 4.69) is 28.9 Å². The third kappa shape index (κ3) is 2.05. The molecule has 1 nitrogen and oxygen atoms in total. The summed E-state index contributed by atoms with van der Waals surface area (Å²) in [5.41, 5.74) is 5.88. The molecule has 1 aliphatic carbocycles. The van der Waals surface area contributed by atoms with Crippen LogP contribution in [0.2, 0.25) is 0 Å². The lowest BCUT2D eigenvalue weighted by atomic mass is 10.1. The molecule has 14 heavy (non-hydrogen) atoms. The summed E-state index contributed by atoms with van der Waals surface area (Å²) in [5, 5.41) is 0. The van der Waals surface area contributed by atoms with Gasteiger partial charge >= 0.3 is 0 Å². The zero-order valence-corrected chi connectivity index (χ0v) is 10.8. The Morgan fingerprint density at radius 2 is 2.14 bits per heavy atom. The Kier molecular flexibility index (Phi) is 3.30. The summed E-state index contributed by atoms with van der Waals surface area (Å²) in [6.45, 7) is 2.05. The summed E-state index contributed by atoms with van der Waals surface area (Å²) in [7, 11) is 0. The van der Waals surface area contributed by atoms with Crippen molar-refractivity contribution in [3.8, 4) is 0 Å². The van der Waals surface area contributed by atoms with Crippen LogP contribution in [-0.4, -0.2) is 0 Å². The highest BCUT2D eigenvalue weighted by atomic mass is 79.9. The summed E-state index contributed by atoms with van der Waals surface area (Å²) in [5.74, 6) is 0.793. The van der Waals surface area contributed by atoms with Crippen LogP contribution in [0.1, 0.15) is 54.3 Å². The van der Waals surface area contributed by atoms with Crippen LogP contribution in [0, 0.1) is 0 Å². The van der Waals surface area contributed by atoms with Crippen molar-refractivity contribution in [2.45, 2.75) is 44.6 Å². The molecule has 2 N–H and O–H groups in total. The third-order valence-corrected chi connectivity index (χ3v) is 5.32. The third-order valence-electron chi connectivity index (χ3n) is 2.91. The van der Waals surface area contributed by atoms with E-state index in [9.17, 15) is 0 Å². The second-order valence-electron chi connectivity index (χ2n) is 4.13. The van der Waals surface area contributed by atoms with Crippen molar-refractivity contribution in [1.29, 1.82) is 0 Å². The van der Waals surface area contributed by atoms with Gasteiger partial charge in [-0.05, 0) is 47.7 Å². The maximum Gasteiger partial charge on any atom is 0.0361 e. The smallest absolute Gasteiger partial charge is 0.0361 e. The fourth-order valence-electron chi connectivity index (χ4n) is 2.09. The summed E-state index contributed by atoms with van der Waals surface area (Å²) in [6.07, 6.45) is 5.50. The largest absolute Gasteiger partial charge is 0.324 e. The maximum absolute atomic E-state index is 5.88. The van der Waals surface area contributed by atoms with Crippen LogP contribution in [0.25, 0.3) is 0 Å². The van der Waals surface area contributed by atoms with Crippen LogP contribution in [0.3, 0.4) is 0 Å². The normalized spacial score (nSPS) is 20.2. The van der Waals surface area contributed by atoms with Crippen molar-refractivity contribution >= 4 is 27.3 Å². The van der Waals surface area contributed by atoms with Gasteiger partial charge in [-0.1, -0.05) is 12.8 Å². The first-order chi connectivity index (χ1) is 6.68. The maximum atomic E-state index is 5.88. The summed E-state index contributed by atoms with van der Waals surface area (Å²) in [4.78, 5) is 2.83. The average molecular weight is 274 g/mol. The Hall–Kier alpha value is 0.140. The molecule has 3 heteroatoms. The first-order valence-corrected chi connectivity index (χ1v) is 6.84. The first kappa shape index (κ1) is 10.7. The average Bonchev–Trinajstić information content (AvgIpc) is 2.71. The molecule has 0 spiro atoms. The molecule has 0 aliphatic heterocycles. The second kappa shape index (κ2) is 4.33. The van der Waals surface area contributed by atoms with E-state index in [0.717, 1.165) is 5.92 Å². The minimum absolute atomic E-state index is 0.173. The quantitative estimate of drug-likeness (QED) is 0.859. The molecule has 0 aromatic carbocycles. The van der Waals surface area contributed by atoms with Gasteiger partial charge in [-0.3, -0.25) is 0 Å². The number of halogens is 1. The zero-order valence-electron chi connectivity index (χ0n) is 8.42. The Labute approximate surface area is 97.8 Å². The van der Waals surface area contributed by atoms with Gasteiger partial charge < -0.3 is 5.73 Å². The highest BCUT2D eigenvalue weighted by molar-refractivity contribution is 9.10. The lowest BCUT2D eigenvalue weighted by Gasteiger charge is -2.06. The van der Waals surface area contributed by atoms with Crippen molar-refractivity contribution in [3.63, 3.8) is 0 Å². The highest BCUT2D eigenvalue weighted by Crippen LogP contribution is 2.43. The van der Waals surface area contributed by atoms with E-state index in [0.29, 0.717) is 0 Å². The van der Waals surface area contributed by atoms with Crippen LogP contribution in [0.5, 0.6) is 0 Å². The van der Waals surface area contributed by atoms with E-state index in [1.807, 2.05) is 11.3 Å². The molecule has 1 aromatic rings. The molecule has 78 valence electrons. The van der Waals surface area contributed by atoms with Gasteiger partial charge in [0.15, 0.2) is 0 Å². The van der Waals surface area contributed by atoms with E-state index in [4.69, 9.17) is 5.73 Å². The van der Waals surface area contributed by atoms with Crippen molar-refractivity contribution in [2.24, 2.45) is 5.73 Å². The first-order valence-electron chi connectivity index (χ1n) is 5.23. The van der Waals surface area contributed by atoms with Crippen LogP contribution < -0.4 is 5.73 Å². The van der Waals surface area contributed by atoms with Crippen LogP contribution in [0.4, 0.5) is 0 Å². The van der Waals surface area contributed by atoms with Gasteiger partial charge in [0.2, 0.25) is 0 Å². The molecule has 0 bridgehead atoms. The molecule has 0 saturated heterocycles. The van der Waals surface area contributed by atoms with Crippen molar-refractivity contribution in [1.82, 2.24) is 0 Å². The molecule has 1 atom stereocenters. The van der Waals surface area contributed by atoms with E-state index >= 15 is 0 Å². The summed E-state index contributed by atoms with van der Waals surface area (Å²) < 4.78 is 1.28. The lowest BCUT2D eigenvalue weighted by Crippen LogP contribution is -2.01. The highest BCUT2D eigenvalue weighted by Gasteiger charge is 2.22. The number of thiophene rings is 1. The van der Waals surface area contributed by atoms with Gasteiger partial charge in [0, 0.05) is 20.3 Å². The zero-order chi connectivity index (χ0) is 10.1. The molecular formula is C11H16BrNS. The second-order valence-corrected chi connectivity index (χ2v) is 6.10. The summed E-state index contributed by atoms with van der Waals surface area (Å²) >= 11 is 5.54. The van der Waals surface area contributed by atoms with Gasteiger partial charge in [-0.25, -0.2) is 0 Å². The Morgan fingerprint density at radius 1 is 1.50 bits per heavy atom. The van der Waals surface area contributed by atoms with E-state index in [1.54, 1.807) is 0 Å². The Bertz CT molecular complexity index is 313. The number of nitrogens with two attached hydrogens (primary N) is 1. The van der Waals surface area contributed by atoms with Crippen molar-refractivity contribution in [3.05, 3.63) is 20.3 Å². The minimum atomic E-state index is 0.173. The molecule has 1 aromatic heterocycles. The SMILES string of the molecule is CC(N)c1cc(Br)c(C2CCCC2)s1. The number of rotatable bonds is 2. The van der Waals surface area contributed by atoms with Gasteiger partial charge in [0.1, 0.15) is 0 Å². The number of hydrogen-bond acceptors (Lipinski definition) is 2. The minimum Gasteiger partial charge on any atom is -0.324 e. The van der Waals surface area contributed by atoms with Gasteiger partial charge in [-0.2, -0.15) is 0 Å². The molecule has 1 saturated carbocycles. The topological polar surface area (TPSA) is 26.0 Å². The van der Waals surface area contributed by atoms with E-state index in [1.165, 1.54) is 39.9 Å². The monoisotopic (exact) mass is 273 g/mol. The van der Waals surface area contributed by atoms with Gasteiger partial charge in [-0.15, -0.1) is 11.3 Å².